The summed E-state index contributed by atoms with van der Waals surface area (Å²) in [6.07, 6.45) is 2.74. The van der Waals surface area contributed by atoms with Crippen LogP contribution >= 0.6 is 0 Å². The van der Waals surface area contributed by atoms with E-state index in [0.29, 0.717) is 5.92 Å². The highest BCUT2D eigenvalue weighted by Gasteiger charge is 2.08. The minimum absolute atomic E-state index is 0.261. The Balaban J connectivity index is 2.30. The maximum atomic E-state index is 4.09. The Bertz CT molecular complexity index is 220. The van der Waals surface area contributed by atoms with Crippen molar-refractivity contribution in [2.24, 2.45) is 5.92 Å². The summed E-state index contributed by atoms with van der Waals surface area (Å²) in [6.45, 7) is 7.55. The van der Waals surface area contributed by atoms with Crippen LogP contribution in [-0.2, 0) is 0 Å². The molecule has 74 valence electrons. The summed E-state index contributed by atoms with van der Waals surface area (Å²) in [7, 11) is 0. The maximum Gasteiger partial charge on any atom is 0.141 e. The molecule has 0 bridgehead atoms. The van der Waals surface area contributed by atoms with Gasteiger partial charge in [0, 0.05) is 0 Å². The van der Waals surface area contributed by atoms with Crippen molar-refractivity contribution in [1.29, 1.82) is 0 Å². The van der Waals surface area contributed by atoms with Crippen LogP contribution in [0.2, 0.25) is 0 Å². The SMILES string of the molecule is CCC(C)CNC(C)c1ncn[nH]1. The van der Waals surface area contributed by atoms with Crippen molar-refractivity contribution in [1.82, 2.24) is 20.5 Å². The van der Waals surface area contributed by atoms with Crippen molar-refractivity contribution < 1.29 is 0 Å². The van der Waals surface area contributed by atoms with Crippen molar-refractivity contribution in [3.05, 3.63) is 12.2 Å². The van der Waals surface area contributed by atoms with Crippen LogP contribution in [0.15, 0.2) is 6.33 Å². The van der Waals surface area contributed by atoms with Gasteiger partial charge in [0.25, 0.3) is 0 Å². The van der Waals surface area contributed by atoms with Gasteiger partial charge < -0.3 is 5.32 Å². The van der Waals surface area contributed by atoms with Crippen molar-refractivity contribution in [2.75, 3.05) is 6.54 Å². The number of rotatable bonds is 5. The normalized spacial score (nSPS) is 15.6. The summed E-state index contributed by atoms with van der Waals surface area (Å²) < 4.78 is 0. The monoisotopic (exact) mass is 182 g/mol. The van der Waals surface area contributed by atoms with E-state index in [9.17, 15) is 0 Å². The van der Waals surface area contributed by atoms with E-state index >= 15 is 0 Å². The fourth-order valence-electron chi connectivity index (χ4n) is 1.04. The first-order valence-electron chi connectivity index (χ1n) is 4.82. The second-order valence-corrected chi connectivity index (χ2v) is 3.51. The van der Waals surface area contributed by atoms with Gasteiger partial charge in [0.05, 0.1) is 6.04 Å². The molecule has 1 aromatic heterocycles. The maximum absolute atomic E-state index is 4.09. The highest BCUT2D eigenvalue weighted by molar-refractivity contribution is 4.88. The molecule has 0 amide bonds. The third-order valence-corrected chi connectivity index (χ3v) is 2.31. The van der Waals surface area contributed by atoms with E-state index in [1.165, 1.54) is 12.7 Å². The van der Waals surface area contributed by atoms with Crippen molar-refractivity contribution in [2.45, 2.75) is 33.2 Å². The molecule has 1 heterocycles. The zero-order valence-electron chi connectivity index (χ0n) is 8.54. The van der Waals surface area contributed by atoms with Crippen LogP contribution < -0.4 is 5.32 Å². The molecule has 0 spiro atoms. The Morgan fingerprint density at radius 2 is 2.31 bits per heavy atom. The third kappa shape index (κ3) is 3.14. The van der Waals surface area contributed by atoms with Gasteiger partial charge in [-0.05, 0) is 19.4 Å². The van der Waals surface area contributed by atoms with Gasteiger partial charge in [-0.15, -0.1) is 0 Å². The Kier molecular flexibility index (Phi) is 3.89. The molecule has 2 atom stereocenters. The Labute approximate surface area is 79.2 Å². The van der Waals surface area contributed by atoms with Gasteiger partial charge in [-0.1, -0.05) is 20.3 Å². The number of H-pyrrole nitrogens is 1. The van der Waals surface area contributed by atoms with E-state index in [2.05, 4.69) is 41.3 Å². The number of nitrogens with zero attached hydrogens (tertiary/aromatic N) is 2. The van der Waals surface area contributed by atoms with Crippen LogP contribution in [0.4, 0.5) is 0 Å². The Morgan fingerprint density at radius 3 is 2.85 bits per heavy atom. The molecule has 0 aromatic carbocycles. The van der Waals surface area contributed by atoms with Gasteiger partial charge in [0.1, 0.15) is 12.2 Å². The van der Waals surface area contributed by atoms with Gasteiger partial charge in [-0.2, -0.15) is 5.10 Å². The summed E-state index contributed by atoms with van der Waals surface area (Å²) in [5.41, 5.74) is 0. The minimum Gasteiger partial charge on any atom is -0.307 e. The van der Waals surface area contributed by atoms with E-state index in [-0.39, 0.29) is 6.04 Å². The molecule has 4 heteroatoms. The molecular formula is C9H18N4. The lowest BCUT2D eigenvalue weighted by atomic mass is 10.1. The highest BCUT2D eigenvalue weighted by atomic mass is 15.2. The lowest BCUT2D eigenvalue weighted by Gasteiger charge is -2.14. The minimum atomic E-state index is 0.261. The first kappa shape index (κ1) is 10.2. The quantitative estimate of drug-likeness (QED) is 0.725. The van der Waals surface area contributed by atoms with E-state index in [4.69, 9.17) is 0 Å². The van der Waals surface area contributed by atoms with Gasteiger partial charge in [-0.3, -0.25) is 5.10 Å². The molecule has 2 unspecified atom stereocenters. The zero-order valence-corrected chi connectivity index (χ0v) is 8.54. The molecule has 0 saturated carbocycles. The molecule has 13 heavy (non-hydrogen) atoms. The van der Waals surface area contributed by atoms with Crippen LogP contribution in [0.1, 0.15) is 39.1 Å². The topological polar surface area (TPSA) is 53.6 Å². The Morgan fingerprint density at radius 1 is 1.54 bits per heavy atom. The van der Waals surface area contributed by atoms with Gasteiger partial charge >= 0.3 is 0 Å². The second-order valence-electron chi connectivity index (χ2n) is 3.51. The lowest BCUT2D eigenvalue weighted by molar-refractivity contribution is 0.451. The van der Waals surface area contributed by atoms with E-state index in [1.807, 2.05) is 0 Å². The van der Waals surface area contributed by atoms with Crippen molar-refractivity contribution in [3.63, 3.8) is 0 Å². The predicted octanol–water partition coefficient (Wildman–Crippen LogP) is 1.50. The molecule has 0 aliphatic rings. The summed E-state index contributed by atoms with van der Waals surface area (Å²) in [5, 5.41) is 10.1. The highest BCUT2D eigenvalue weighted by Crippen LogP contribution is 2.06. The van der Waals surface area contributed by atoms with Crippen molar-refractivity contribution >= 4 is 0 Å². The summed E-state index contributed by atoms with van der Waals surface area (Å²) in [6, 6.07) is 0.261. The number of hydrogen-bond acceptors (Lipinski definition) is 3. The van der Waals surface area contributed by atoms with E-state index < -0.39 is 0 Å². The Hall–Kier alpha value is -0.900. The predicted molar refractivity (Wildman–Crippen MR) is 52.3 cm³/mol. The fourth-order valence-corrected chi connectivity index (χ4v) is 1.04. The van der Waals surface area contributed by atoms with Crippen LogP contribution in [-0.4, -0.2) is 21.7 Å². The summed E-state index contributed by atoms with van der Waals surface area (Å²) in [4.78, 5) is 4.09. The molecule has 2 N–H and O–H groups in total. The van der Waals surface area contributed by atoms with Crippen LogP contribution in [0, 0.1) is 5.92 Å². The number of aromatic nitrogens is 3. The van der Waals surface area contributed by atoms with E-state index in [0.717, 1.165) is 12.4 Å². The molecule has 1 rings (SSSR count). The molecule has 0 aliphatic carbocycles. The van der Waals surface area contributed by atoms with Crippen molar-refractivity contribution in [3.8, 4) is 0 Å². The first-order valence-corrected chi connectivity index (χ1v) is 4.82. The zero-order chi connectivity index (χ0) is 9.68. The molecule has 0 radical (unpaired) electrons. The fraction of sp³-hybridized carbons (Fsp3) is 0.778. The van der Waals surface area contributed by atoms with Gasteiger partial charge in [0.2, 0.25) is 0 Å². The summed E-state index contributed by atoms with van der Waals surface area (Å²) >= 11 is 0. The average Bonchev–Trinajstić information content (AvgIpc) is 2.66. The lowest BCUT2D eigenvalue weighted by Crippen LogP contribution is -2.24. The molecule has 0 aliphatic heterocycles. The van der Waals surface area contributed by atoms with Crippen LogP contribution in [0.25, 0.3) is 0 Å². The molecule has 1 aromatic rings. The van der Waals surface area contributed by atoms with Crippen LogP contribution in [0.5, 0.6) is 0 Å². The average molecular weight is 182 g/mol. The largest absolute Gasteiger partial charge is 0.307 e. The van der Waals surface area contributed by atoms with Gasteiger partial charge in [-0.25, -0.2) is 4.98 Å². The summed E-state index contributed by atoms with van der Waals surface area (Å²) in [5.74, 6) is 1.62. The number of nitrogens with one attached hydrogen (secondary N) is 2. The molecule has 4 nitrogen and oxygen atoms in total. The standard InChI is InChI=1S/C9H18N4/c1-4-7(2)5-10-8(3)9-11-6-12-13-9/h6-8,10H,4-5H2,1-3H3,(H,11,12,13). The van der Waals surface area contributed by atoms with Crippen LogP contribution in [0.3, 0.4) is 0 Å². The van der Waals surface area contributed by atoms with Gasteiger partial charge in [0.15, 0.2) is 0 Å². The molecular weight excluding hydrogens is 164 g/mol. The molecule has 0 saturated heterocycles. The smallest absolute Gasteiger partial charge is 0.141 e. The first-order chi connectivity index (χ1) is 6.24. The number of hydrogen-bond donors (Lipinski definition) is 2. The molecule has 0 fully saturated rings. The second kappa shape index (κ2) is 4.97. The number of aromatic amines is 1. The van der Waals surface area contributed by atoms with E-state index in [1.54, 1.807) is 0 Å². The third-order valence-electron chi connectivity index (χ3n) is 2.31.